The Morgan fingerprint density at radius 1 is 1.20 bits per heavy atom. The van der Waals surface area contributed by atoms with Crippen LogP contribution in [0.15, 0.2) is 48.9 Å². The third-order valence-electron chi connectivity index (χ3n) is 4.17. The number of nitrogens with one attached hydrogen (secondary N) is 1. The van der Waals surface area contributed by atoms with E-state index in [4.69, 9.17) is 0 Å². The Balaban J connectivity index is 1.50. The van der Waals surface area contributed by atoms with E-state index in [2.05, 4.69) is 20.5 Å². The molecule has 0 aliphatic rings. The Kier molecular flexibility index (Phi) is 3.68. The second-order valence-corrected chi connectivity index (χ2v) is 6.11. The molecular formula is C18H18N6O. The first-order valence-electron chi connectivity index (χ1n) is 8.14. The van der Waals surface area contributed by atoms with Crippen LogP contribution >= 0.6 is 0 Å². The van der Waals surface area contributed by atoms with Crippen LogP contribution in [0.3, 0.4) is 0 Å². The summed E-state index contributed by atoms with van der Waals surface area (Å²) >= 11 is 0. The van der Waals surface area contributed by atoms with Crippen LogP contribution in [0.4, 0.5) is 0 Å². The lowest BCUT2D eigenvalue weighted by Gasteiger charge is -2.11. The quantitative estimate of drug-likeness (QED) is 0.620. The number of imidazole rings is 1. The van der Waals surface area contributed by atoms with Gasteiger partial charge in [-0.05, 0) is 37.6 Å². The average molecular weight is 334 g/mol. The lowest BCUT2D eigenvalue weighted by molar-refractivity contribution is -0.121. The van der Waals surface area contributed by atoms with E-state index in [1.807, 2.05) is 71.6 Å². The average Bonchev–Trinajstić information content (AvgIpc) is 3.19. The maximum absolute atomic E-state index is 12.4. The molecule has 0 aliphatic heterocycles. The summed E-state index contributed by atoms with van der Waals surface area (Å²) in [5, 5.41) is 11.3. The number of hydrogen-bond donors (Lipinski definition) is 1. The molecule has 0 saturated heterocycles. The second-order valence-electron chi connectivity index (χ2n) is 6.11. The SMILES string of the molecule is Cc1cccn2cc(CC(=O)NC(C)c3nnc4ccccn34)nc12. The van der Waals surface area contributed by atoms with Gasteiger partial charge in [-0.15, -0.1) is 10.2 Å². The van der Waals surface area contributed by atoms with Crippen LogP contribution in [0.25, 0.3) is 11.3 Å². The molecule has 1 N–H and O–H groups in total. The topological polar surface area (TPSA) is 76.6 Å². The van der Waals surface area contributed by atoms with Crippen LogP contribution in [0, 0.1) is 6.92 Å². The van der Waals surface area contributed by atoms with Crippen molar-refractivity contribution in [1.29, 1.82) is 0 Å². The molecule has 0 aliphatic carbocycles. The van der Waals surface area contributed by atoms with Gasteiger partial charge in [0.15, 0.2) is 11.5 Å². The van der Waals surface area contributed by atoms with Crippen molar-refractivity contribution in [2.45, 2.75) is 26.3 Å². The van der Waals surface area contributed by atoms with Crippen molar-refractivity contribution >= 4 is 17.2 Å². The van der Waals surface area contributed by atoms with Gasteiger partial charge in [0.05, 0.1) is 18.2 Å². The summed E-state index contributed by atoms with van der Waals surface area (Å²) in [5.41, 5.74) is 3.46. The van der Waals surface area contributed by atoms with Crippen molar-refractivity contribution in [2.24, 2.45) is 0 Å². The van der Waals surface area contributed by atoms with Gasteiger partial charge >= 0.3 is 0 Å². The lowest BCUT2D eigenvalue weighted by atomic mass is 10.2. The molecule has 4 heterocycles. The van der Waals surface area contributed by atoms with Crippen molar-refractivity contribution in [3.05, 3.63) is 66.0 Å². The van der Waals surface area contributed by atoms with E-state index in [1.165, 1.54) is 0 Å². The van der Waals surface area contributed by atoms with Gasteiger partial charge in [0, 0.05) is 18.6 Å². The normalized spacial score (nSPS) is 12.6. The number of hydrogen-bond acceptors (Lipinski definition) is 4. The molecular weight excluding hydrogens is 316 g/mol. The number of pyridine rings is 2. The van der Waals surface area contributed by atoms with Crippen molar-refractivity contribution in [1.82, 2.24) is 29.3 Å². The van der Waals surface area contributed by atoms with Crippen LogP contribution in [0.5, 0.6) is 0 Å². The second kappa shape index (κ2) is 6.01. The summed E-state index contributed by atoms with van der Waals surface area (Å²) < 4.78 is 3.81. The third kappa shape index (κ3) is 2.84. The summed E-state index contributed by atoms with van der Waals surface area (Å²) in [6.07, 6.45) is 5.93. The van der Waals surface area contributed by atoms with Crippen molar-refractivity contribution in [3.8, 4) is 0 Å². The minimum absolute atomic E-state index is 0.0961. The predicted molar refractivity (Wildman–Crippen MR) is 93.2 cm³/mol. The Bertz CT molecular complexity index is 1060. The van der Waals surface area contributed by atoms with E-state index < -0.39 is 0 Å². The first kappa shape index (κ1) is 15.3. The van der Waals surface area contributed by atoms with E-state index >= 15 is 0 Å². The van der Waals surface area contributed by atoms with E-state index in [0.717, 1.165) is 22.6 Å². The Morgan fingerprint density at radius 3 is 2.92 bits per heavy atom. The maximum Gasteiger partial charge on any atom is 0.226 e. The van der Waals surface area contributed by atoms with Crippen molar-refractivity contribution < 1.29 is 4.79 Å². The number of rotatable bonds is 4. The Morgan fingerprint density at radius 2 is 2.08 bits per heavy atom. The van der Waals surface area contributed by atoms with Crippen LogP contribution in [-0.2, 0) is 11.2 Å². The van der Waals surface area contributed by atoms with Crippen LogP contribution in [-0.4, -0.2) is 29.9 Å². The number of carbonyl (C=O) groups excluding carboxylic acids is 1. The molecule has 0 spiro atoms. The highest BCUT2D eigenvalue weighted by Crippen LogP contribution is 2.13. The number of nitrogens with zero attached hydrogens (tertiary/aromatic N) is 5. The zero-order chi connectivity index (χ0) is 17.4. The van der Waals surface area contributed by atoms with Gasteiger partial charge in [-0.3, -0.25) is 9.20 Å². The molecule has 0 fully saturated rings. The molecule has 0 radical (unpaired) electrons. The van der Waals surface area contributed by atoms with Gasteiger partial charge < -0.3 is 9.72 Å². The monoisotopic (exact) mass is 334 g/mol. The van der Waals surface area contributed by atoms with Gasteiger partial charge in [0.1, 0.15) is 5.65 Å². The zero-order valence-electron chi connectivity index (χ0n) is 14.0. The van der Waals surface area contributed by atoms with Crippen LogP contribution < -0.4 is 5.32 Å². The molecule has 126 valence electrons. The number of aromatic nitrogens is 5. The van der Waals surface area contributed by atoms with Crippen molar-refractivity contribution in [3.63, 3.8) is 0 Å². The molecule has 4 rings (SSSR count). The molecule has 0 saturated carbocycles. The first-order chi connectivity index (χ1) is 12.1. The highest BCUT2D eigenvalue weighted by Gasteiger charge is 2.16. The summed E-state index contributed by atoms with van der Waals surface area (Å²) in [6.45, 7) is 3.90. The van der Waals surface area contributed by atoms with E-state index in [9.17, 15) is 4.79 Å². The standard InChI is InChI=1S/C18H18N6O/c1-12-6-5-8-23-11-14(20-17(12)23)10-16(25)19-13(2)18-22-21-15-7-3-4-9-24(15)18/h3-9,11,13H,10H2,1-2H3,(H,19,25). The zero-order valence-corrected chi connectivity index (χ0v) is 14.0. The number of amides is 1. The molecule has 1 amide bonds. The van der Waals surface area contributed by atoms with Crippen LogP contribution in [0.1, 0.15) is 30.0 Å². The van der Waals surface area contributed by atoms with Gasteiger partial charge in [-0.1, -0.05) is 12.1 Å². The van der Waals surface area contributed by atoms with Crippen LogP contribution in [0.2, 0.25) is 0 Å². The molecule has 4 aromatic rings. The van der Waals surface area contributed by atoms with Gasteiger partial charge in [-0.2, -0.15) is 0 Å². The fraction of sp³-hybridized carbons (Fsp3) is 0.222. The molecule has 0 aromatic carbocycles. The van der Waals surface area contributed by atoms with Gasteiger partial charge in [0.2, 0.25) is 5.91 Å². The van der Waals surface area contributed by atoms with E-state index in [0.29, 0.717) is 5.82 Å². The Hall–Kier alpha value is -3.22. The minimum atomic E-state index is -0.247. The molecule has 7 nitrogen and oxygen atoms in total. The fourth-order valence-corrected chi connectivity index (χ4v) is 2.97. The largest absolute Gasteiger partial charge is 0.346 e. The number of aryl methyl sites for hydroxylation is 1. The molecule has 1 unspecified atom stereocenters. The first-order valence-corrected chi connectivity index (χ1v) is 8.14. The molecule has 0 bridgehead atoms. The highest BCUT2D eigenvalue weighted by molar-refractivity contribution is 5.78. The number of carbonyl (C=O) groups is 1. The summed E-state index contributed by atoms with van der Waals surface area (Å²) in [6, 6.07) is 9.42. The predicted octanol–water partition coefficient (Wildman–Crippen LogP) is 2.11. The lowest BCUT2D eigenvalue weighted by Crippen LogP contribution is -2.29. The Labute approximate surface area is 144 Å². The summed E-state index contributed by atoms with van der Waals surface area (Å²) in [4.78, 5) is 16.9. The van der Waals surface area contributed by atoms with Gasteiger partial charge in [0.25, 0.3) is 0 Å². The van der Waals surface area contributed by atoms with E-state index in [-0.39, 0.29) is 18.4 Å². The number of fused-ring (bicyclic) bond motifs is 2. The highest BCUT2D eigenvalue weighted by atomic mass is 16.1. The summed E-state index contributed by atoms with van der Waals surface area (Å²) in [7, 11) is 0. The smallest absolute Gasteiger partial charge is 0.226 e. The maximum atomic E-state index is 12.4. The van der Waals surface area contributed by atoms with Gasteiger partial charge in [-0.25, -0.2) is 4.98 Å². The molecule has 7 heteroatoms. The fourth-order valence-electron chi connectivity index (χ4n) is 2.97. The third-order valence-corrected chi connectivity index (χ3v) is 4.17. The van der Waals surface area contributed by atoms with Crippen molar-refractivity contribution in [2.75, 3.05) is 0 Å². The van der Waals surface area contributed by atoms with E-state index in [1.54, 1.807) is 0 Å². The summed E-state index contributed by atoms with van der Waals surface area (Å²) in [5.74, 6) is 0.607. The molecule has 4 aromatic heterocycles. The molecule has 1 atom stereocenters. The minimum Gasteiger partial charge on any atom is -0.346 e. The molecule has 25 heavy (non-hydrogen) atoms.